The van der Waals surface area contributed by atoms with Gasteiger partial charge in [0.15, 0.2) is 0 Å². The summed E-state index contributed by atoms with van der Waals surface area (Å²) in [5.74, 6) is 0. The summed E-state index contributed by atoms with van der Waals surface area (Å²) in [6.07, 6.45) is 4.30. The summed E-state index contributed by atoms with van der Waals surface area (Å²) in [5.41, 5.74) is 2.62. The van der Waals surface area contributed by atoms with Gasteiger partial charge in [-0.2, -0.15) is 5.10 Å². The van der Waals surface area contributed by atoms with E-state index in [2.05, 4.69) is 49.7 Å². The molecule has 0 saturated heterocycles. The van der Waals surface area contributed by atoms with Crippen molar-refractivity contribution in [2.24, 2.45) is 0 Å². The Hall–Kier alpha value is -0.830. The van der Waals surface area contributed by atoms with Crippen molar-refractivity contribution in [1.82, 2.24) is 15.1 Å². The van der Waals surface area contributed by atoms with Gasteiger partial charge in [0, 0.05) is 23.3 Å². The van der Waals surface area contributed by atoms with Crippen LogP contribution in [0.15, 0.2) is 6.20 Å². The minimum atomic E-state index is 0.401. The van der Waals surface area contributed by atoms with E-state index in [4.69, 9.17) is 0 Å². The van der Waals surface area contributed by atoms with Crippen LogP contribution in [0.5, 0.6) is 0 Å². The fourth-order valence-corrected chi connectivity index (χ4v) is 1.95. The van der Waals surface area contributed by atoms with Crippen LogP contribution in [-0.4, -0.2) is 16.3 Å². The molecular weight excluding hydrogens is 198 g/mol. The van der Waals surface area contributed by atoms with Crippen molar-refractivity contribution in [2.45, 2.75) is 59.5 Å². The van der Waals surface area contributed by atoms with E-state index in [0.717, 1.165) is 13.0 Å². The summed E-state index contributed by atoms with van der Waals surface area (Å²) >= 11 is 0. The Morgan fingerprint density at radius 1 is 1.38 bits per heavy atom. The quantitative estimate of drug-likeness (QED) is 0.802. The van der Waals surface area contributed by atoms with Crippen LogP contribution in [0.25, 0.3) is 0 Å². The van der Waals surface area contributed by atoms with Gasteiger partial charge in [0.25, 0.3) is 0 Å². The second kappa shape index (κ2) is 6.04. The average molecular weight is 223 g/mol. The van der Waals surface area contributed by atoms with E-state index in [-0.39, 0.29) is 0 Å². The summed E-state index contributed by atoms with van der Waals surface area (Å²) in [7, 11) is 0. The number of rotatable bonds is 6. The predicted octanol–water partition coefficient (Wildman–Crippen LogP) is 3.22. The van der Waals surface area contributed by atoms with E-state index in [1.165, 1.54) is 17.7 Å². The normalized spacial score (nSPS) is 15.1. The zero-order valence-electron chi connectivity index (χ0n) is 11.2. The summed E-state index contributed by atoms with van der Waals surface area (Å²) in [4.78, 5) is 0. The Morgan fingerprint density at radius 3 is 2.62 bits per heavy atom. The smallest absolute Gasteiger partial charge is 0.0540 e. The maximum Gasteiger partial charge on any atom is 0.0540 e. The van der Waals surface area contributed by atoms with Crippen LogP contribution in [0.4, 0.5) is 0 Å². The fourth-order valence-electron chi connectivity index (χ4n) is 1.95. The SMILES string of the molecule is CCCNC(C)c1cnn(C(C)CC)c1C. The molecule has 92 valence electrons. The Labute approximate surface area is 99.2 Å². The van der Waals surface area contributed by atoms with E-state index in [0.29, 0.717) is 12.1 Å². The van der Waals surface area contributed by atoms with Crippen LogP contribution in [-0.2, 0) is 0 Å². The van der Waals surface area contributed by atoms with Crippen molar-refractivity contribution in [3.8, 4) is 0 Å². The molecule has 1 aromatic rings. The highest BCUT2D eigenvalue weighted by Gasteiger charge is 2.14. The molecule has 16 heavy (non-hydrogen) atoms. The third kappa shape index (κ3) is 2.85. The number of nitrogens with zero attached hydrogens (tertiary/aromatic N) is 2. The molecule has 1 N–H and O–H groups in total. The maximum atomic E-state index is 4.49. The third-order valence-electron chi connectivity index (χ3n) is 3.26. The van der Waals surface area contributed by atoms with Crippen LogP contribution in [0.1, 0.15) is 63.9 Å². The minimum Gasteiger partial charge on any atom is -0.310 e. The van der Waals surface area contributed by atoms with Gasteiger partial charge in [-0.1, -0.05) is 13.8 Å². The molecule has 0 bridgehead atoms. The van der Waals surface area contributed by atoms with Gasteiger partial charge in [0.2, 0.25) is 0 Å². The number of hydrogen-bond donors (Lipinski definition) is 1. The standard InChI is InChI=1S/C13H25N3/c1-6-8-14-11(4)13-9-15-16(12(13)5)10(3)7-2/h9-11,14H,6-8H2,1-5H3. The van der Waals surface area contributed by atoms with E-state index >= 15 is 0 Å². The first-order valence-electron chi connectivity index (χ1n) is 6.39. The molecule has 1 aromatic heterocycles. The lowest BCUT2D eigenvalue weighted by Crippen LogP contribution is -2.20. The molecular formula is C13H25N3. The monoisotopic (exact) mass is 223 g/mol. The Balaban J connectivity index is 2.78. The van der Waals surface area contributed by atoms with Gasteiger partial charge in [-0.3, -0.25) is 4.68 Å². The molecule has 0 fully saturated rings. The van der Waals surface area contributed by atoms with Crippen molar-refractivity contribution in [3.63, 3.8) is 0 Å². The Kier molecular flexibility index (Phi) is 5.00. The lowest BCUT2D eigenvalue weighted by atomic mass is 10.1. The zero-order valence-corrected chi connectivity index (χ0v) is 11.2. The highest BCUT2D eigenvalue weighted by atomic mass is 15.3. The molecule has 3 heteroatoms. The molecule has 0 aliphatic carbocycles. The number of aromatic nitrogens is 2. The van der Waals surface area contributed by atoms with Gasteiger partial charge in [0.05, 0.1) is 6.20 Å². The van der Waals surface area contributed by atoms with Crippen molar-refractivity contribution < 1.29 is 0 Å². The van der Waals surface area contributed by atoms with Crippen LogP contribution in [0.2, 0.25) is 0 Å². The molecule has 1 rings (SSSR count). The molecule has 3 nitrogen and oxygen atoms in total. The molecule has 0 aliphatic heterocycles. The minimum absolute atomic E-state index is 0.401. The Bertz CT molecular complexity index is 317. The highest BCUT2D eigenvalue weighted by Crippen LogP contribution is 2.20. The van der Waals surface area contributed by atoms with E-state index < -0.39 is 0 Å². The van der Waals surface area contributed by atoms with Gasteiger partial charge in [0.1, 0.15) is 0 Å². The molecule has 2 atom stereocenters. The van der Waals surface area contributed by atoms with Crippen LogP contribution in [0, 0.1) is 6.92 Å². The van der Waals surface area contributed by atoms with Gasteiger partial charge in [-0.05, 0) is 40.2 Å². The molecule has 0 aromatic carbocycles. The average Bonchev–Trinajstić information content (AvgIpc) is 2.67. The molecule has 0 aliphatic rings. The van der Waals surface area contributed by atoms with Gasteiger partial charge < -0.3 is 5.32 Å². The van der Waals surface area contributed by atoms with Crippen molar-refractivity contribution in [2.75, 3.05) is 6.54 Å². The molecule has 1 heterocycles. The largest absolute Gasteiger partial charge is 0.310 e. The summed E-state index contributed by atoms with van der Waals surface area (Å²) in [6.45, 7) is 12.0. The van der Waals surface area contributed by atoms with E-state index in [1.807, 2.05) is 6.20 Å². The molecule has 2 unspecified atom stereocenters. The maximum absolute atomic E-state index is 4.49. The first kappa shape index (κ1) is 13.2. The molecule has 0 saturated carbocycles. The third-order valence-corrected chi connectivity index (χ3v) is 3.26. The second-order valence-electron chi connectivity index (χ2n) is 4.56. The topological polar surface area (TPSA) is 29.9 Å². The molecule has 0 amide bonds. The zero-order chi connectivity index (χ0) is 12.1. The van der Waals surface area contributed by atoms with Crippen molar-refractivity contribution in [1.29, 1.82) is 0 Å². The fraction of sp³-hybridized carbons (Fsp3) is 0.769. The van der Waals surface area contributed by atoms with Gasteiger partial charge in [-0.15, -0.1) is 0 Å². The summed E-state index contributed by atoms with van der Waals surface area (Å²) < 4.78 is 2.14. The van der Waals surface area contributed by atoms with Gasteiger partial charge in [-0.25, -0.2) is 0 Å². The summed E-state index contributed by atoms with van der Waals surface area (Å²) in [6, 6.07) is 0.893. The first-order valence-corrected chi connectivity index (χ1v) is 6.39. The second-order valence-corrected chi connectivity index (χ2v) is 4.56. The van der Waals surface area contributed by atoms with Gasteiger partial charge >= 0.3 is 0 Å². The van der Waals surface area contributed by atoms with E-state index in [9.17, 15) is 0 Å². The lowest BCUT2D eigenvalue weighted by molar-refractivity contribution is 0.465. The number of hydrogen-bond acceptors (Lipinski definition) is 2. The van der Waals surface area contributed by atoms with Crippen LogP contribution in [0.3, 0.4) is 0 Å². The molecule has 0 radical (unpaired) electrons. The van der Waals surface area contributed by atoms with Crippen molar-refractivity contribution in [3.05, 3.63) is 17.5 Å². The van der Waals surface area contributed by atoms with Crippen LogP contribution < -0.4 is 5.32 Å². The predicted molar refractivity (Wildman–Crippen MR) is 68.7 cm³/mol. The number of nitrogens with one attached hydrogen (secondary N) is 1. The summed E-state index contributed by atoms with van der Waals surface area (Å²) in [5, 5.41) is 8.00. The van der Waals surface area contributed by atoms with E-state index in [1.54, 1.807) is 0 Å². The van der Waals surface area contributed by atoms with Crippen molar-refractivity contribution >= 4 is 0 Å². The molecule has 0 spiro atoms. The van der Waals surface area contributed by atoms with Crippen LogP contribution >= 0.6 is 0 Å². The lowest BCUT2D eigenvalue weighted by Gasteiger charge is -2.15. The first-order chi connectivity index (χ1) is 7.61. The Morgan fingerprint density at radius 2 is 2.06 bits per heavy atom. The highest BCUT2D eigenvalue weighted by molar-refractivity contribution is 5.20.